The first-order valence-electron chi connectivity index (χ1n) is 11.5. The van der Waals surface area contributed by atoms with Crippen molar-refractivity contribution in [1.29, 1.82) is 0 Å². The standard InChI is InChI=1S/C23H36N2O8S2/c1-4-7-20(35(31,32)33-3)22(27)18-11-9-17(10-12-18)21(26)19(34(29)30)13-15-25-14-6-5-8-16(2)23(24)28/h9-12,16,19-20,25H,4-8,13-15H2,1-3H3,(H2,24,28)(H,29,30)/p-1. The molecule has 10 nitrogen and oxygen atoms in total. The van der Waals surface area contributed by atoms with Gasteiger partial charge in [0.1, 0.15) is 5.25 Å². The summed E-state index contributed by atoms with van der Waals surface area (Å²) in [5.41, 5.74) is 5.42. The van der Waals surface area contributed by atoms with Gasteiger partial charge in [0.2, 0.25) is 5.91 Å². The van der Waals surface area contributed by atoms with Gasteiger partial charge in [-0.3, -0.25) is 22.8 Å². The Balaban J connectivity index is 2.72. The zero-order chi connectivity index (χ0) is 26.6. The Bertz CT molecular complexity index is 980. The van der Waals surface area contributed by atoms with Gasteiger partial charge in [-0.2, -0.15) is 8.42 Å². The first-order valence-corrected chi connectivity index (χ1v) is 14.1. The van der Waals surface area contributed by atoms with E-state index in [1.807, 2.05) is 0 Å². The summed E-state index contributed by atoms with van der Waals surface area (Å²) in [4.78, 5) is 36.5. The highest BCUT2D eigenvalue weighted by Crippen LogP contribution is 2.19. The van der Waals surface area contributed by atoms with Crippen LogP contribution >= 0.6 is 0 Å². The Hall–Kier alpha value is -1.99. The molecule has 0 aromatic heterocycles. The molecule has 0 radical (unpaired) electrons. The lowest BCUT2D eigenvalue weighted by Crippen LogP contribution is -2.32. The fraction of sp³-hybridized carbons (Fsp3) is 0.609. The minimum Gasteiger partial charge on any atom is -0.772 e. The molecule has 0 aliphatic carbocycles. The summed E-state index contributed by atoms with van der Waals surface area (Å²) in [6, 6.07) is 5.29. The molecule has 0 bridgehead atoms. The summed E-state index contributed by atoms with van der Waals surface area (Å²) in [6.07, 6.45) is 2.86. The Morgan fingerprint density at radius 3 is 2.09 bits per heavy atom. The molecule has 0 aliphatic rings. The maximum absolute atomic E-state index is 12.7. The zero-order valence-corrected chi connectivity index (χ0v) is 22.0. The van der Waals surface area contributed by atoms with E-state index in [9.17, 15) is 31.6 Å². The Morgan fingerprint density at radius 1 is 1.03 bits per heavy atom. The van der Waals surface area contributed by atoms with E-state index in [2.05, 4.69) is 9.50 Å². The highest BCUT2D eigenvalue weighted by molar-refractivity contribution is 7.88. The van der Waals surface area contributed by atoms with Gasteiger partial charge in [0.15, 0.2) is 11.6 Å². The first-order chi connectivity index (χ1) is 16.5. The minimum atomic E-state index is -4.07. The van der Waals surface area contributed by atoms with Crippen LogP contribution < -0.4 is 11.1 Å². The molecule has 4 atom stereocenters. The normalized spacial score (nSPS) is 15.2. The van der Waals surface area contributed by atoms with Crippen molar-refractivity contribution >= 4 is 38.7 Å². The molecule has 0 saturated carbocycles. The number of carbonyl (C=O) groups is 3. The van der Waals surface area contributed by atoms with Crippen LogP contribution in [-0.2, 0) is 30.2 Å². The molecule has 35 heavy (non-hydrogen) atoms. The Kier molecular flexibility index (Phi) is 13.5. The van der Waals surface area contributed by atoms with Crippen molar-refractivity contribution in [3.05, 3.63) is 35.4 Å². The molecule has 0 heterocycles. The summed E-state index contributed by atoms with van der Waals surface area (Å²) in [5.74, 6) is -1.78. The summed E-state index contributed by atoms with van der Waals surface area (Å²) in [7, 11) is -3.08. The minimum absolute atomic E-state index is 0.0674. The van der Waals surface area contributed by atoms with E-state index in [0.717, 1.165) is 20.0 Å². The lowest BCUT2D eigenvalue weighted by molar-refractivity contribution is -0.121. The first kappa shape index (κ1) is 31.0. The molecule has 4 unspecified atom stereocenters. The smallest absolute Gasteiger partial charge is 0.277 e. The fourth-order valence-corrected chi connectivity index (χ4v) is 5.25. The van der Waals surface area contributed by atoms with Gasteiger partial charge < -0.3 is 15.6 Å². The van der Waals surface area contributed by atoms with Crippen molar-refractivity contribution in [3.8, 4) is 0 Å². The molecular formula is C23H35N2O8S2-. The van der Waals surface area contributed by atoms with Gasteiger partial charge in [0, 0.05) is 17.0 Å². The number of hydrogen-bond acceptors (Lipinski definition) is 9. The number of rotatable bonds is 18. The van der Waals surface area contributed by atoms with Gasteiger partial charge in [-0.1, -0.05) is 51.0 Å². The van der Waals surface area contributed by atoms with Crippen molar-refractivity contribution in [2.24, 2.45) is 11.7 Å². The van der Waals surface area contributed by atoms with E-state index in [-0.39, 0.29) is 35.8 Å². The quantitative estimate of drug-likeness (QED) is 0.124. The molecular weight excluding hydrogens is 496 g/mol. The van der Waals surface area contributed by atoms with Crippen molar-refractivity contribution < 1.29 is 35.7 Å². The predicted octanol–water partition coefficient (Wildman–Crippen LogP) is 1.72. The van der Waals surface area contributed by atoms with Crippen LogP contribution in [0.4, 0.5) is 0 Å². The average Bonchev–Trinajstić information content (AvgIpc) is 2.82. The highest BCUT2D eigenvalue weighted by atomic mass is 32.2. The van der Waals surface area contributed by atoms with Crippen LogP contribution in [0.5, 0.6) is 0 Å². The highest BCUT2D eigenvalue weighted by Gasteiger charge is 2.32. The molecule has 3 N–H and O–H groups in total. The number of unbranched alkanes of at least 4 members (excludes halogenated alkanes) is 1. The number of carbonyl (C=O) groups excluding carboxylic acids is 3. The second-order valence-electron chi connectivity index (χ2n) is 8.33. The Morgan fingerprint density at radius 2 is 1.60 bits per heavy atom. The monoisotopic (exact) mass is 531 g/mol. The molecule has 1 aromatic carbocycles. The van der Waals surface area contributed by atoms with Crippen LogP contribution in [0.1, 0.15) is 73.1 Å². The van der Waals surface area contributed by atoms with Crippen molar-refractivity contribution in [2.75, 3.05) is 20.2 Å². The maximum Gasteiger partial charge on any atom is 0.277 e. The molecule has 1 rings (SSSR count). The van der Waals surface area contributed by atoms with Gasteiger partial charge in [0.05, 0.1) is 12.4 Å². The third kappa shape index (κ3) is 9.88. The zero-order valence-electron chi connectivity index (χ0n) is 20.4. The second-order valence-corrected chi connectivity index (χ2v) is 11.3. The Labute approximate surface area is 209 Å². The van der Waals surface area contributed by atoms with E-state index in [1.54, 1.807) is 13.8 Å². The molecule has 1 aromatic rings. The topological polar surface area (TPSA) is 173 Å². The lowest BCUT2D eigenvalue weighted by atomic mass is 10.0. The van der Waals surface area contributed by atoms with Gasteiger partial charge in [-0.25, -0.2) is 0 Å². The summed E-state index contributed by atoms with van der Waals surface area (Å²) >= 11 is -2.65. The molecule has 0 spiro atoms. The fourth-order valence-electron chi connectivity index (χ4n) is 3.47. The van der Waals surface area contributed by atoms with Crippen LogP contribution in [0.2, 0.25) is 0 Å². The van der Waals surface area contributed by atoms with Crippen LogP contribution in [0.3, 0.4) is 0 Å². The number of hydrogen-bond donors (Lipinski definition) is 2. The summed E-state index contributed by atoms with van der Waals surface area (Å²) in [5, 5.41) is 0.474. The number of nitrogens with two attached hydrogens (primary N) is 1. The van der Waals surface area contributed by atoms with Gasteiger partial charge >= 0.3 is 0 Å². The van der Waals surface area contributed by atoms with Crippen LogP contribution in [-0.4, -0.2) is 65.4 Å². The van der Waals surface area contributed by atoms with Gasteiger partial charge in [-0.15, -0.1) is 0 Å². The number of amides is 1. The molecule has 0 fully saturated rings. The summed E-state index contributed by atoms with van der Waals surface area (Å²) in [6.45, 7) is 4.43. The van der Waals surface area contributed by atoms with E-state index < -0.39 is 43.3 Å². The van der Waals surface area contributed by atoms with Crippen LogP contribution in [0.25, 0.3) is 0 Å². The number of nitrogens with one attached hydrogen (secondary N) is 1. The third-order valence-corrected chi connectivity index (χ3v) is 8.24. The van der Waals surface area contributed by atoms with Gasteiger partial charge in [-0.05, 0) is 49.9 Å². The number of ketones is 2. The lowest BCUT2D eigenvalue weighted by Gasteiger charge is -2.19. The van der Waals surface area contributed by atoms with Gasteiger partial charge in [0.25, 0.3) is 10.1 Å². The SMILES string of the molecule is CCCC(C(=O)c1ccc(C(=O)C(CCNCCCCC(C)C(N)=O)S(=O)[O-])cc1)S(=O)(=O)OC. The summed E-state index contributed by atoms with van der Waals surface area (Å²) < 4.78 is 52.0. The third-order valence-electron chi connectivity index (χ3n) is 5.71. The second kappa shape index (κ2) is 15.2. The average molecular weight is 532 g/mol. The molecule has 12 heteroatoms. The number of Topliss-reactive ketones (excluding diaryl/α,β-unsaturated/α-hetero) is 2. The maximum atomic E-state index is 12.7. The largest absolute Gasteiger partial charge is 0.772 e. The van der Waals surface area contributed by atoms with Crippen LogP contribution in [0.15, 0.2) is 24.3 Å². The predicted molar refractivity (Wildman–Crippen MR) is 132 cm³/mol. The molecule has 198 valence electrons. The van der Waals surface area contributed by atoms with E-state index in [4.69, 9.17) is 5.73 Å². The molecule has 0 aliphatic heterocycles. The van der Waals surface area contributed by atoms with E-state index >= 15 is 0 Å². The van der Waals surface area contributed by atoms with Crippen molar-refractivity contribution in [3.63, 3.8) is 0 Å². The molecule has 0 saturated heterocycles. The number of benzene rings is 1. The van der Waals surface area contributed by atoms with E-state index in [1.165, 1.54) is 24.3 Å². The van der Waals surface area contributed by atoms with E-state index in [0.29, 0.717) is 25.9 Å². The molecule has 1 amide bonds. The van der Waals surface area contributed by atoms with Crippen molar-refractivity contribution in [1.82, 2.24) is 5.32 Å². The van der Waals surface area contributed by atoms with Crippen molar-refractivity contribution in [2.45, 2.75) is 62.9 Å². The number of primary amides is 1. The van der Waals surface area contributed by atoms with Crippen LogP contribution in [0, 0.1) is 5.92 Å².